The van der Waals surface area contributed by atoms with Crippen LogP contribution >= 0.6 is 0 Å². The highest BCUT2D eigenvalue weighted by Gasteiger charge is 2.12. The molecule has 0 amide bonds. The highest BCUT2D eigenvalue weighted by Crippen LogP contribution is 2.21. The average Bonchev–Trinajstić information content (AvgIpc) is 2.69. The third-order valence-electron chi connectivity index (χ3n) is 3.83. The van der Waals surface area contributed by atoms with Gasteiger partial charge in [0.1, 0.15) is 0 Å². The summed E-state index contributed by atoms with van der Waals surface area (Å²) in [7, 11) is 0. The molecule has 0 aromatic heterocycles. The maximum Gasteiger partial charge on any atom is 0.201 e. The summed E-state index contributed by atoms with van der Waals surface area (Å²) in [6, 6.07) is 10.8. The zero-order valence-electron chi connectivity index (χ0n) is 15.7. The highest BCUT2D eigenvalue weighted by molar-refractivity contribution is 5.83. The third-order valence-corrected chi connectivity index (χ3v) is 3.83. The van der Waals surface area contributed by atoms with Crippen LogP contribution in [0.3, 0.4) is 0 Å². The fourth-order valence-electron chi connectivity index (χ4n) is 2.41. The minimum absolute atomic E-state index is 0.0172. The Bertz CT molecular complexity index is 812. The van der Waals surface area contributed by atoms with Crippen LogP contribution < -0.4 is 4.74 Å². The molecule has 0 radical (unpaired) electrons. The fraction of sp³-hybridized carbons (Fsp3) is 0.273. The third kappa shape index (κ3) is 6.44. The van der Waals surface area contributed by atoms with E-state index in [9.17, 15) is 8.78 Å². The zero-order valence-corrected chi connectivity index (χ0v) is 15.7. The Morgan fingerprint density at radius 2 is 1.63 bits per heavy atom. The van der Waals surface area contributed by atoms with Crippen LogP contribution in [0.5, 0.6) is 5.75 Å². The smallest absolute Gasteiger partial charge is 0.201 e. The maximum absolute atomic E-state index is 13.9. The first kappa shape index (κ1) is 20.5. The second-order valence-corrected chi connectivity index (χ2v) is 5.86. The zero-order chi connectivity index (χ0) is 19.5. The van der Waals surface area contributed by atoms with Crippen LogP contribution in [0.1, 0.15) is 43.4 Å². The van der Waals surface area contributed by atoms with Crippen molar-refractivity contribution < 1.29 is 13.5 Å². The first-order chi connectivity index (χ1) is 13.2. The molecule has 0 fully saturated rings. The molecular weight excluding hydrogens is 346 g/mol. The van der Waals surface area contributed by atoms with Gasteiger partial charge in [0.05, 0.1) is 19.0 Å². The Hall–Kier alpha value is -2.82. The molecule has 0 N–H and O–H groups in total. The summed E-state index contributed by atoms with van der Waals surface area (Å²) in [6.07, 6.45) is 10.2. The van der Waals surface area contributed by atoms with Gasteiger partial charge in [0.25, 0.3) is 0 Å². The first-order valence-corrected chi connectivity index (χ1v) is 9.06. The van der Waals surface area contributed by atoms with Crippen LogP contribution in [-0.4, -0.2) is 19.0 Å². The number of halogens is 2. The standard InChI is InChI=1S/C22H24F2N2O/c1-3-5-6-7-8-17-9-11-18(12-10-17)15-25-26-16-19-13-14-20(27-4-2)22(24)21(19)23/h5-6,9-16H,3-4,7-8H2,1-2H3/b6-5+,25-15+,26-16-. The summed E-state index contributed by atoms with van der Waals surface area (Å²) in [5.41, 5.74) is 2.16. The van der Waals surface area contributed by atoms with Gasteiger partial charge in [0.2, 0.25) is 5.82 Å². The van der Waals surface area contributed by atoms with E-state index < -0.39 is 11.6 Å². The van der Waals surface area contributed by atoms with E-state index in [2.05, 4.69) is 29.3 Å². The molecule has 3 nitrogen and oxygen atoms in total. The van der Waals surface area contributed by atoms with Crippen LogP contribution in [0, 0.1) is 11.6 Å². The molecule has 2 aromatic rings. The van der Waals surface area contributed by atoms with Gasteiger partial charge in [-0.25, -0.2) is 4.39 Å². The monoisotopic (exact) mass is 370 g/mol. The minimum atomic E-state index is -1.02. The molecule has 0 spiro atoms. The van der Waals surface area contributed by atoms with Crippen molar-refractivity contribution in [3.05, 3.63) is 76.9 Å². The van der Waals surface area contributed by atoms with E-state index in [4.69, 9.17) is 4.74 Å². The second-order valence-electron chi connectivity index (χ2n) is 5.86. The molecule has 0 bridgehead atoms. The molecule has 2 rings (SSSR count). The SMILES string of the molecule is CC/C=C/CCc1ccc(/C=N/N=C\c2ccc(OCC)c(F)c2F)cc1. The Balaban J connectivity index is 1.95. The van der Waals surface area contributed by atoms with Crippen molar-refractivity contribution in [3.63, 3.8) is 0 Å². The normalized spacial score (nSPS) is 11.9. The topological polar surface area (TPSA) is 34.0 Å². The van der Waals surface area contributed by atoms with Crippen LogP contribution in [0.25, 0.3) is 0 Å². The van der Waals surface area contributed by atoms with E-state index in [0.717, 1.165) is 24.8 Å². The number of rotatable bonds is 9. The summed E-state index contributed by atoms with van der Waals surface area (Å²) >= 11 is 0. The Morgan fingerprint density at radius 1 is 0.889 bits per heavy atom. The summed E-state index contributed by atoms with van der Waals surface area (Å²) in [5.74, 6) is -2.13. The molecule has 0 aliphatic heterocycles. The minimum Gasteiger partial charge on any atom is -0.491 e. The number of aryl methyl sites for hydroxylation is 1. The van der Waals surface area contributed by atoms with Crippen LogP contribution in [0.15, 0.2) is 58.8 Å². The van der Waals surface area contributed by atoms with Gasteiger partial charge in [0.15, 0.2) is 11.6 Å². The van der Waals surface area contributed by atoms with Gasteiger partial charge in [-0.3, -0.25) is 0 Å². The van der Waals surface area contributed by atoms with Crippen molar-refractivity contribution in [1.29, 1.82) is 0 Å². The van der Waals surface area contributed by atoms with Crippen molar-refractivity contribution in [3.8, 4) is 5.75 Å². The summed E-state index contributed by atoms with van der Waals surface area (Å²) in [4.78, 5) is 0. The highest BCUT2D eigenvalue weighted by atomic mass is 19.2. The lowest BCUT2D eigenvalue weighted by Crippen LogP contribution is -2.00. The Labute approximate surface area is 159 Å². The van der Waals surface area contributed by atoms with Crippen LogP contribution in [0.2, 0.25) is 0 Å². The number of hydrogen-bond donors (Lipinski definition) is 0. The van der Waals surface area contributed by atoms with Crippen molar-refractivity contribution in [2.45, 2.75) is 33.1 Å². The molecule has 142 valence electrons. The van der Waals surface area contributed by atoms with E-state index in [1.165, 1.54) is 23.9 Å². The number of nitrogens with zero attached hydrogens (tertiary/aromatic N) is 2. The van der Waals surface area contributed by atoms with E-state index in [1.807, 2.05) is 24.3 Å². The molecule has 0 atom stereocenters. The van der Waals surface area contributed by atoms with Crippen molar-refractivity contribution >= 4 is 12.4 Å². The van der Waals surface area contributed by atoms with Crippen LogP contribution in [0.4, 0.5) is 8.78 Å². The molecule has 0 aliphatic carbocycles. The van der Waals surface area contributed by atoms with Crippen molar-refractivity contribution in [2.24, 2.45) is 10.2 Å². The summed E-state index contributed by atoms with van der Waals surface area (Å²) in [5, 5.41) is 7.69. The number of benzene rings is 2. The van der Waals surface area contributed by atoms with E-state index in [-0.39, 0.29) is 17.9 Å². The lowest BCUT2D eigenvalue weighted by atomic mass is 10.1. The molecule has 2 aromatic carbocycles. The number of allylic oxidation sites excluding steroid dienone is 2. The van der Waals surface area contributed by atoms with Crippen molar-refractivity contribution in [1.82, 2.24) is 0 Å². The van der Waals surface area contributed by atoms with Gasteiger partial charge in [-0.05, 0) is 49.4 Å². The lowest BCUT2D eigenvalue weighted by molar-refractivity contribution is 0.314. The van der Waals surface area contributed by atoms with Gasteiger partial charge in [0, 0.05) is 5.56 Å². The van der Waals surface area contributed by atoms with Crippen LogP contribution in [-0.2, 0) is 6.42 Å². The molecule has 0 aliphatic rings. The molecule has 0 saturated heterocycles. The van der Waals surface area contributed by atoms with Crippen molar-refractivity contribution in [2.75, 3.05) is 6.61 Å². The maximum atomic E-state index is 13.9. The molecule has 27 heavy (non-hydrogen) atoms. The van der Waals surface area contributed by atoms with Gasteiger partial charge >= 0.3 is 0 Å². The van der Waals surface area contributed by atoms with E-state index >= 15 is 0 Å². The Morgan fingerprint density at radius 3 is 2.33 bits per heavy atom. The Kier molecular flexibility index (Phi) is 8.36. The summed E-state index contributed by atoms with van der Waals surface area (Å²) in [6.45, 7) is 4.09. The van der Waals surface area contributed by atoms with E-state index in [1.54, 1.807) is 13.1 Å². The van der Waals surface area contributed by atoms with Gasteiger partial charge in [-0.2, -0.15) is 14.6 Å². The summed E-state index contributed by atoms with van der Waals surface area (Å²) < 4.78 is 32.7. The lowest BCUT2D eigenvalue weighted by Gasteiger charge is -2.05. The molecule has 0 saturated carbocycles. The largest absolute Gasteiger partial charge is 0.491 e. The van der Waals surface area contributed by atoms with E-state index in [0.29, 0.717) is 0 Å². The number of ether oxygens (including phenoxy) is 1. The molecule has 5 heteroatoms. The molecule has 0 unspecified atom stereocenters. The average molecular weight is 370 g/mol. The predicted octanol–water partition coefficient (Wildman–Crippen LogP) is 5.72. The predicted molar refractivity (Wildman–Crippen MR) is 107 cm³/mol. The van der Waals surface area contributed by atoms with Gasteiger partial charge in [-0.1, -0.05) is 43.3 Å². The fourth-order valence-corrected chi connectivity index (χ4v) is 2.41. The molecular formula is C22H24F2N2O. The van der Waals surface area contributed by atoms with Gasteiger partial charge in [-0.15, -0.1) is 0 Å². The van der Waals surface area contributed by atoms with Gasteiger partial charge < -0.3 is 4.74 Å². The second kappa shape index (κ2) is 11.0. The number of hydrogen-bond acceptors (Lipinski definition) is 3. The first-order valence-electron chi connectivity index (χ1n) is 9.06. The molecule has 0 heterocycles. The quantitative estimate of drug-likeness (QED) is 0.316.